The number of hydrogen-bond acceptors (Lipinski definition) is 5. The molecule has 8 nitrogen and oxygen atoms in total. The van der Waals surface area contributed by atoms with Gasteiger partial charge in [-0.15, -0.1) is 0 Å². The number of carbonyl (C=O) groups is 3. The summed E-state index contributed by atoms with van der Waals surface area (Å²) in [5.41, 5.74) is 0.982. The smallest absolute Gasteiger partial charge is 0.319 e. The number of nitrogens with one attached hydrogen (secondary N) is 2. The Kier molecular flexibility index (Phi) is 5.18. The van der Waals surface area contributed by atoms with E-state index in [1.165, 1.54) is 24.3 Å². The van der Waals surface area contributed by atoms with E-state index in [2.05, 4.69) is 10.0 Å². The fourth-order valence-corrected chi connectivity index (χ4v) is 3.66. The molecule has 1 aliphatic rings. The minimum absolute atomic E-state index is 0.258. The van der Waals surface area contributed by atoms with E-state index in [9.17, 15) is 22.8 Å². The average Bonchev–Trinajstić information content (AvgIpc) is 2.85. The second-order valence-electron chi connectivity index (χ2n) is 7.19. The molecule has 0 aliphatic carbocycles. The maximum absolute atomic E-state index is 12.9. The Hall–Kier alpha value is -3.20. The van der Waals surface area contributed by atoms with Crippen molar-refractivity contribution in [1.29, 1.82) is 0 Å². The van der Waals surface area contributed by atoms with Crippen LogP contribution in [0.15, 0.2) is 48.5 Å². The van der Waals surface area contributed by atoms with E-state index in [-0.39, 0.29) is 5.56 Å². The molecule has 2 aromatic carbocycles. The van der Waals surface area contributed by atoms with Crippen molar-refractivity contribution in [2.45, 2.75) is 19.4 Å². The van der Waals surface area contributed by atoms with Gasteiger partial charge in [0.05, 0.1) is 12.8 Å². The normalized spacial score (nSPS) is 19.2. The van der Waals surface area contributed by atoms with E-state index < -0.39 is 39.8 Å². The van der Waals surface area contributed by atoms with E-state index >= 15 is 0 Å². The molecular formula is C20H21N3O5S. The van der Waals surface area contributed by atoms with Crippen molar-refractivity contribution in [3.63, 3.8) is 0 Å². The Balaban J connectivity index is 1.76. The Bertz CT molecular complexity index is 1080. The minimum Gasteiger partial charge on any atom is -0.319 e. The van der Waals surface area contributed by atoms with Gasteiger partial charge in [-0.25, -0.2) is 13.2 Å². The fraction of sp³-hybridized carbons (Fsp3) is 0.250. The number of imide groups is 1. The van der Waals surface area contributed by atoms with Crippen molar-refractivity contribution in [2.75, 3.05) is 17.5 Å². The highest BCUT2D eigenvalue weighted by Gasteiger charge is 2.49. The van der Waals surface area contributed by atoms with Crippen LogP contribution in [0.5, 0.6) is 0 Å². The number of rotatable bonds is 6. The molecule has 3 rings (SSSR count). The fourth-order valence-electron chi connectivity index (χ4n) is 3.10. The van der Waals surface area contributed by atoms with Crippen LogP contribution < -0.4 is 10.0 Å². The molecule has 0 aromatic heterocycles. The monoisotopic (exact) mass is 415 g/mol. The maximum atomic E-state index is 12.9. The summed E-state index contributed by atoms with van der Waals surface area (Å²) in [6, 6.07) is 12.4. The SMILES string of the molecule is Cc1ccc([C@]2(C)NC(=O)N(CC(=O)c3ccc(NS(C)(=O)=O)cc3)C2=O)cc1. The first-order valence-electron chi connectivity index (χ1n) is 8.82. The zero-order valence-electron chi connectivity index (χ0n) is 16.2. The molecule has 1 aliphatic heterocycles. The number of carbonyl (C=O) groups excluding carboxylic acids is 3. The predicted octanol–water partition coefficient (Wildman–Crippen LogP) is 2.02. The molecule has 0 bridgehead atoms. The van der Waals surface area contributed by atoms with Crippen LogP contribution in [0, 0.1) is 6.92 Å². The Morgan fingerprint density at radius 3 is 2.21 bits per heavy atom. The van der Waals surface area contributed by atoms with Gasteiger partial charge in [-0.3, -0.25) is 19.2 Å². The van der Waals surface area contributed by atoms with Gasteiger partial charge >= 0.3 is 6.03 Å². The van der Waals surface area contributed by atoms with Crippen molar-refractivity contribution >= 4 is 33.4 Å². The summed E-state index contributed by atoms with van der Waals surface area (Å²) < 4.78 is 24.8. The number of benzene rings is 2. The van der Waals surface area contributed by atoms with Crippen LogP contribution in [-0.4, -0.2) is 43.8 Å². The number of nitrogens with zero attached hydrogens (tertiary/aromatic N) is 1. The van der Waals surface area contributed by atoms with Crippen molar-refractivity contribution in [1.82, 2.24) is 10.2 Å². The van der Waals surface area contributed by atoms with Crippen LogP contribution in [0.1, 0.15) is 28.4 Å². The molecule has 1 fully saturated rings. The van der Waals surface area contributed by atoms with Gasteiger partial charge in [0.15, 0.2) is 5.78 Å². The van der Waals surface area contributed by atoms with Crippen LogP contribution in [0.2, 0.25) is 0 Å². The number of Topliss-reactive ketones (excluding diaryl/α,β-unsaturated/α-hetero) is 1. The van der Waals surface area contributed by atoms with E-state index in [1.807, 2.05) is 19.1 Å². The first-order chi connectivity index (χ1) is 13.5. The molecule has 0 spiro atoms. The molecule has 0 saturated carbocycles. The number of anilines is 1. The first kappa shape index (κ1) is 20.5. The highest BCUT2D eigenvalue weighted by atomic mass is 32.2. The summed E-state index contributed by atoms with van der Waals surface area (Å²) in [5, 5.41) is 2.67. The van der Waals surface area contributed by atoms with Crippen molar-refractivity contribution in [2.24, 2.45) is 0 Å². The van der Waals surface area contributed by atoms with Gasteiger partial charge in [-0.2, -0.15) is 0 Å². The molecule has 29 heavy (non-hydrogen) atoms. The van der Waals surface area contributed by atoms with Crippen LogP contribution in [0.4, 0.5) is 10.5 Å². The standard InChI is InChI=1S/C20H21N3O5S/c1-13-4-8-15(9-5-13)20(2)18(25)23(19(26)21-20)12-17(24)14-6-10-16(11-7-14)22-29(3,27)28/h4-11,22H,12H2,1-3H3,(H,21,26)/t20-/m0/s1. The topological polar surface area (TPSA) is 113 Å². The van der Waals surface area contributed by atoms with Crippen LogP contribution in [-0.2, 0) is 20.4 Å². The Morgan fingerprint density at radius 1 is 1.07 bits per heavy atom. The summed E-state index contributed by atoms with van der Waals surface area (Å²) in [4.78, 5) is 38.8. The predicted molar refractivity (Wildman–Crippen MR) is 108 cm³/mol. The largest absolute Gasteiger partial charge is 0.325 e. The number of urea groups is 1. The van der Waals surface area contributed by atoms with Crippen molar-refractivity contribution in [3.8, 4) is 0 Å². The molecule has 1 heterocycles. The lowest BCUT2D eigenvalue weighted by molar-refractivity contribution is -0.130. The van der Waals surface area contributed by atoms with E-state index in [1.54, 1.807) is 19.1 Å². The summed E-state index contributed by atoms with van der Waals surface area (Å²) in [6.45, 7) is 3.11. The molecule has 0 radical (unpaired) electrons. The van der Waals surface area contributed by atoms with Crippen LogP contribution in [0.25, 0.3) is 0 Å². The van der Waals surface area contributed by atoms with Crippen molar-refractivity contribution < 1.29 is 22.8 Å². The van der Waals surface area contributed by atoms with Crippen molar-refractivity contribution in [3.05, 3.63) is 65.2 Å². The number of sulfonamides is 1. The third-order valence-electron chi connectivity index (χ3n) is 4.72. The minimum atomic E-state index is -3.43. The van der Waals surface area contributed by atoms with Crippen LogP contribution >= 0.6 is 0 Å². The summed E-state index contributed by atoms with van der Waals surface area (Å²) in [7, 11) is -3.43. The van der Waals surface area contributed by atoms with Gasteiger partial charge in [-0.1, -0.05) is 29.8 Å². The quantitative estimate of drug-likeness (QED) is 0.554. The van der Waals surface area contributed by atoms with Gasteiger partial charge in [0.1, 0.15) is 5.54 Å². The van der Waals surface area contributed by atoms with Crippen LogP contribution in [0.3, 0.4) is 0 Å². The second kappa shape index (κ2) is 7.32. The third kappa shape index (κ3) is 4.29. The maximum Gasteiger partial charge on any atom is 0.325 e. The summed E-state index contributed by atoms with van der Waals surface area (Å²) in [6.07, 6.45) is 1.02. The lowest BCUT2D eigenvalue weighted by Crippen LogP contribution is -2.41. The van der Waals surface area contributed by atoms with E-state index in [0.29, 0.717) is 11.3 Å². The molecule has 1 atom stereocenters. The zero-order valence-corrected chi connectivity index (χ0v) is 17.0. The highest BCUT2D eigenvalue weighted by molar-refractivity contribution is 7.92. The summed E-state index contributed by atoms with van der Waals surface area (Å²) in [5.74, 6) is -0.942. The third-order valence-corrected chi connectivity index (χ3v) is 5.32. The Labute approximate surface area is 169 Å². The molecule has 0 unspecified atom stereocenters. The summed E-state index contributed by atoms with van der Waals surface area (Å²) >= 11 is 0. The lowest BCUT2D eigenvalue weighted by atomic mass is 9.91. The zero-order chi connectivity index (χ0) is 21.4. The second-order valence-corrected chi connectivity index (χ2v) is 8.94. The van der Waals surface area contributed by atoms with Gasteiger partial charge < -0.3 is 5.32 Å². The molecule has 2 aromatic rings. The van der Waals surface area contributed by atoms with Gasteiger partial charge in [0.25, 0.3) is 5.91 Å². The number of aryl methyl sites for hydroxylation is 1. The first-order valence-corrected chi connectivity index (χ1v) is 10.7. The number of ketones is 1. The molecular weight excluding hydrogens is 394 g/mol. The average molecular weight is 415 g/mol. The molecule has 9 heteroatoms. The Morgan fingerprint density at radius 2 is 1.66 bits per heavy atom. The van der Waals surface area contributed by atoms with E-state index in [0.717, 1.165) is 16.7 Å². The van der Waals surface area contributed by atoms with Gasteiger partial charge in [0.2, 0.25) is 10.0 Å². The lowest BCUT2D eigenvalue weighted by Gasteiger charge is -2.22. The highest BCUT2D eigenvalue weighted by Crippen LogP contribution is 2.29. The van der Waals surface area contributed by atoms with Gasteiger partial charge in [-0.05, 0) is 43.7 Å². The number of amides is 3. The van der Waals surface area contributed by atoms with E-state index in [4.69, 9.17) is 0 Å². The molecule has 1 saturated heterocycles. The van der Waals surface area contributed by atoms with Gasteiger partial charge in [0, 0.05) is 11.3 Å². The number of hydrogen-bond donors (Lipinski definition) is 2. The molecule has 152 valence electrons. The molecule has 2 N–H and O–H groups in total. The molecule has 3 amide bonds.